The summed E-state index contributed by atoms with van der Waals surface area (Å²) in [5, 5.41) is 12.8. The van der Waals surface area contributed by atoms with Crippen LogP contribution in [0.1, 0.15) is 29.0 Å². The van der Waals surface area contributed by atoms with Gasteiger partial charge >= 0.3 is 0 Å². The molecule has 0 aromatic carbocycles. The molecule has 0 amide bonds. The number of nitrogens with zero attached hydrogens (tertiary/aromatic N) is 1. The summed E-state index contributed by atoms with van der Waals surface area (Å²) in [5.74, 6) is 0. The zero-order valence-electron chi connectivity index (χ0n) is 10.9. The van der Waals surface area contributed by atoms with Crippen LogP contribution in [0.25, 0.3) is 0 Å². The van der Waals surface area contributed by atoms with Crippen molar-refractivity contribution in [3.05, 3.63) is 38.9 Å². The van der Waals surface area contributed by atoms with Gasteiger partial charge in [0.1, 0.15) is 4.21 Å². The quantitative estimate of drug-likeness (QED) is 0.942. The molecule has 0 fully saturated rings. The second-order valence-electron chi connectivity index (χ2n) is 4.77. The average molecular weight is 329 g/mol. The molecule has 1 aliphatic heterocycles. The van der Waals surface area contributed by atoms with E-state index in [-0.39, 0.29) is 12.6 Å². The molecule has 4 nitrogen and oxygen atoms in total. The van der Waals surface area contributed by atoms with Gasteiger partial charge in [0.25, 0.3) is 10.0 Å². The van der Waals surface area contributed by atoms with Gasteiger partial charge in [0.05, 0.1) is 6.61 Å². The SMILES string of the molecule is CC1c2ccsc2CCN1S(=O)(=O)c1cc(CO)cs1. The maximum absolute atomic E-state index is 12.7. The van der Waals surface area contributed by atoms with Crippen molar-refractivity contribution < 1.29 is 13.5 Å². The van der Waals surface area contributed by atoms with Gasteiger partial charge in [-0.05, 0) is 47.4 Å². The van der Waals surface area contributed by atoms with Crippen molar-refractivity contribution in [2.75, 3.05) is 6.54 Å². The van der Waals surface area contributed by atoms with E-state index < -0.39 is 10.0 Å². The van der Waals surface area contributed by atoms with E-state index in [9.17, 15) is 8.42 Å². The Bertz CT molecular complexity index is 717. The van der Waals surface area contributed by atoms with Crippen LogP contribution in [-0.2, 0) is 23.1 Å². The third-order valence-electron chi connectivity index (χ3n) is 3.60. The lowest BCUT2D eigenvalue weighted by atomic mass is 10.0. The van der Waals surface area contributed by atoms with Crippen LogP contribution < -0.4 is 0 Å². The van der Waals surface area contributed by atoms with Crippen molar-refractivity contribution in [2.45, 2.75) is 30.2 Å². The molecule has 0 spiro atoms. The summed E-state index contributed by atoms with van der Waals surface area (Å²) in [6.45, 7) is 2.32. The van der Waals surface area contributed by atoms with Gasteiger partial charge in [-0.3, -0.25) is 0 Å². The van der Waals surface area contributed by atoms with E-state index in [0.29, 0.717) is 16.3 Å². The minimum atomic E-state index is -3.48. The van der Waals surface area contributed by atoms with Gasteiger partial charge in [0, 0.05) is 17.5 Å². The van der Waals surface area contributed by atoms with Crippen molar-refractivity contribution in [1.29, 1.82) is 0 Å². The summed E-state index contributed by atoms with van der Waals surface area (Å²) < 4.78 is 27.3. The summed E-state index contributed by atoms with van der Waals surface area (Å²) in [5.41, 5.74) is 1.76. The van der Waals surface area contributed by atoms with E-state index in [4.69, 9.17) is 5.11 Å². The molecule has 1 unspecified atom stereocenters. The highest BCUT2D eigenvalue weighted by atomic mass is 32.2. The molecule has 20 heavy (non-hydrogen) atoms. The van der Waals surface area contributed by atoms with E-state index >= 15 is 0 Å². The third kappa shape index (κ3) is 2.23. The Morgan fingerprint density at radius 1 is 1.45 bits per heavy atom. The van der Waals surface area contributed by atoms with Gasteiger partial charge in [-0.1, -0.05) is 0 Å². The maximum atomic E-state index is 12.7. The van der Waals surface area contributed by atoms with E-state index in [2.05, 4.69) is 0 Å². The normalized spacial score (nSPS) is 20.0. The smallest absolute Gasteiger partial charge is 0.253 e. The first-order valence-electron chi connectivity index (χ1n) is 6.30. The van der Waals surface area contributed by atoms with Crippen LogP contribution in [0, 0.1) is 0 Å². The molecule has 1 N–H and O–H groups in total. The average Bonchev–Trinajstić information content (AvgIpc) is 3.08. The van der Waals surface area contributed by atoms with Crippen molar-refractivity contribution in [2.24, 2.45) is 0 Å². The Labute approximate surface area is 126 Å². The van der Waals surface area contributed by atoms with Crippen molar-refractivity contribution in [3.8, 4) is 0 Å². The molecule has 0 radical (unpaired) electrons. The van der Waals surface area contributed by atoms with E-state index in [1.54, 1.807) is 27.1 Å². The topological polar surface area (TPSA) is 57.6 Å². The zero-order valence-corrected chi connectivity index (χ0v) is 13.4. The summed E-state index contributed by atoms with van der Waals surface area (Å²) >= 11 is 2.87. The molecule has 108 valence electrons. The molecule has 7 heteroatoms. The van der Waals surface area contributed by atoms with Gasteiger partial charge in [-0.25, -0.2) is 8.42 Å². The number of fused-ring (bicyclic) bond motifs is 1. The standard InChI is InChI=1S/C13H15NO3S3/c1-9-11-3-5-18-12(11)2-4-14(9)20(16,17)13-6-10(7-15)8-19-13/h3,5-6,8-9,15H,2,4,7H2,1H3. The van der Waals surface area contributed by atoms with Crippen LogP contribution in [0.2, 0.25) is 0 Å². The second-order valence-corrected chi connectivity index (χ2v) is 8.80. The third-order valence-corrected chi connectivity index (χ3v) is 8.03. The lowest BCUT2D eigenvalue weighted by Gasteiger charge is -2.32. The minimum absolute atomic E-state index is 0.129. The molecular weight excluding hydrogens is 314 g/mol. The fourth-order valence-electron chi connectivity index (χ4n) is 2.50. The highest BCUT2D eigenvalue weighted by molar-refractivity contribution is 7.91. The number of hydrogen-bond acceptors (Lipinski definition) is 5. The summed E-state index contributed by atoms with van der Waals surface area (Å²) in [6.07, 6.45) is 0.773. The molecule has 2 aromatic rings. The fourth-order valence-corrected chi connectivity index (χ4v) is 6.40. The number of thiophene rings is 2. The first-order valence-corrected chi connectivity index (χ1v) is 9.50. The van der Waals surface area contributed by atoms with Gasteiger partial charge in [0.2, 0.25) is 0 Å². The summed E-state index contributed by atoms with van der Waals surface area (Å²) in [6, 6.07) is 3.45. The highest BCUT2D eigenvalue weighted by Gasteiger charge is 2.35. The molecule has 2 aromatic heterocycles. The van der Waals surface area contributed by atoms with Crippen LogP contribution in [0.3, 0.4) is 0 Å². The molecule has 1 aliphatic rings. The van der Waals surface area contributed by atoms with Gasteiger partial charge in [-0.2, -0.15) is 4.31 Å². The Balaban J connectivity index is 1.96. The zero-order chi connectivity index (χ0) is 14.3. The van der Waals surface area contributed by atoms with Crippen LogP contribution in [0.4, 0.5) is 0 Å². The summed E-state index contributed by atoms with van der Waals surface area (Å²) in [4.78, 5) is 1.28. The van der Waals surface area contributed by atoms with Crippen molar-refractivity contribution in [1.82, 2.24) is 4.31 Å². The Morgan fingerprint density at radius 2 is 2.25 bits per heavy atom. The molecule has 0 saturated heterocycles. The van der Waals surface area contributed by atoms with Crippen molar-refractivity contribution in [3.63, 3.8) is 0 Å². The first-order chi connectivity index (χ1) is 9.54. The molecular formula is C13H15NO3S3. The van der Waals surface area contributed by atoms with Crippen molar-refractivity contribution >= 4 is 32.7 Å². The van der Waals surface area contributed by atoms with Crippen LogP contribution >= 0.6 is 22.7 Å². The minimum Gasteiger partial charge on any atom is -0.392 e. The van der Waals surface area contributed by atoms with Gasteiger partial charge < -0.3 is 5.11 Å². The number of aliphatic hydroxyl groups is 1. The molecule has 3 heterocycles. The Hall–Kier alpha value is -0.730. The molecule has 0 saturated carbocycles. The lowest BCUT2D eigenvalue weighted by Crippen LogP contribution is -2.37. The number of aliphatic hydroxyl groups excluding tert-OH is 1. The monoisotopic (exact) mass is 329 g/mol. The Morgan fingerprint density at radius 3 is 2.95 bits per heavy atom. The predicted molar refractivity (Wildman–Crippen MR) is 80.6 cm³/mol. The highest BCUT2D eigenvalue weighted by Crippen LogP contribution is 2.37. The first kappa shape index (κ1) is 14.2. The fraction of sp³-hybridized carbons (Fsp3) is 0.385. The summed E-state index contributed by atoms with van der Waals surface area (Å²) in [7, 11) is -3.48. The lowest BCUT2D eigenvalue weighted by molar-refractivity contribution is 0.282. The molecule has 1 atom stereocenters. The molecule has 3 rings (SSSR count). The largest absolute Gasteiger partial charge is 0.392 e. The van der Waals surface area contributed by atoms with Crippen LogP contribution in [-0.4, -0.2) is 24.4 Å². The predicted octanol–water partition coefficient (Wildman–Crippen LogP) is 2.61. The Kier molecular flexibility index (Phi) is 3.72. The van der Waals surface area contributed by atoms with Crippen LogP contribution in [0.15, 0.2) is 27.1 Å². The van der Waals surface area contributed by atoms with E-state index in [0.717, 1.165) is 12.0 Å². The molecule has 0 aliphatic carbocycles. The number of rotatable bonds is 3. The van der Waals surface area contributed by atoms with E-state index in [1.165, 1.54) is 16.2 Å². The number of hydrogen-bond donors (Lipinski definition) is 1. The maximum Gasteiger partial charge on any atom is 0.253 e. The van der Waals surface area contributed by atoms with Gasteiger partial charge in [-0.15, -0.1) is 22.7 Å². The second kappa shape index (κ2) is 5.23. The number of sulfonamides is 1. The van der Waals surface area contributed by atoms with E-state index in [1.807, 2.05) is 18.4 Å². The molecule has 0 bridgehead atoms. The van der Waals surface area contributed by atoms with Crippen LogP contribution in [0.5, 0.6) is 0 Å². The van der Waals surface area contributed by atoms with Gasteiger partial charge in [0.15, 0.2) is 0 Å².